The highest BCUT2D eigenvalue weighted by Gasteiger charge is 2.48. The van der Waals surface area contributed by atoms with Crippen molar-refractivity contribution < 1.29 is 14.1 Å². The van der Waals surface area contributed by atoms with Crippen LogP contribution < -0.4 is 5.69 Å². The van der Waals surface area contributed by atoms with Crippen LogP contribution in [-0.4, -0.2) is 42.8 Å². The molecule has 1 aliphatic heterocycles. The number of hydrogen-bond acceptors (Lipinski definition) is 7. The second-order valence-electron chi connectivity index (χ2n) is 9.66. The lowest BCUT2D eigenvalue weighted by atomic mass is 9.64. The van der Waals surface area contributed by atoms with E-state index in [0.717, 1.165) is 56.2 Å². The number of ketones is 1. The molecule has 3 atom stereocenters. The van der Waals surface area contributed by atoms with Crippen LogP contribution >= 0.6 is 11.6 Å². The molecule has 33 heavy (non-hydrogen) atoms. The molecule has 4 heterocycles. The van der Waals surface area contributed by atoms with E-state index in [1.807, 2.05) is 6.92 Å². The number of hydrogen-bond donors (Lipinski definition) is 0. The van der Waals surface area contributed by atoms with Crippen molar-refractivity contribution in [2.45, 2.75) is 75.9 Å². The predicted octanol–water partition coefficient (Wildman–Crippen LogP) is 3.51. The molecular formula is C23H26ClN5O4. The Labute approximate surface area is 195 Å². The molecule has 10 heteroatoms. The van der Waals surface area contributed by atoms with Crippen molar-refractivity contribution in [1.82, 2.24) is 24.3 Å². The van der Waals surface area contributed by atoms with Crippen LogP contribution in [0.5, 0.6) is 0 Å². The average molecular weight is 472 g/mol. The summed E-state index contributed by atoms with van der Waals surface area (Å²) in [5.41, 5.74) is 1.84. The quantitative estimate of drug-likeness (QED) is 0.526. The number of imidazole rings is 1. The first-order valence-corrected chi connectivity index (χ1v) is 12.1. The van der Waals surface area contributed by atoms with Crippen molar-refractivity contribution in [1.29, 1.82) is 0 Å². The van der Waals surface area contributed by atoms with E-state index in [0.29, 0.717) is 35.8 Å². The molecule has 174 valence electrons. The number of aryl methyl sites for hydroxylation is 1. The summed E-state index contributed by atoms with van der Waals surface area (Å²) in [6, 6.07) is -0.123. The molecule has 3 aromatic rings. The highest BCUT2D eigenvalue weighted by atomic mass is 35.5. The van der Waals surface area contributed by atoms with Gasteiger partial charge < -0.3 is 9.26 Å². The Morgan fingerprint density at radius 1 is 1.12 bits per heavy atom. The van der Waals surface area contributed by atoms with Gasteiger partial charge in [-0.1, -0.05) is 23.2 Å². The van der Waals surface area contributed by atoms with Crippen LogP contribution in [0, 0.1) is 0 Å². The zero-order valence-corrected chi connectivity index (χ0v) is 19.5. The fourth-order valence-electron chi connectivity index (χ4n) is 6.01. The third-order valence-electron chi connectivity index (χ3n) is 7.69. The van der Waals surface area contributed by atoms with E-state index in [-0.39, 0.29) is 28.8 Å². The Bertz CT molecular complexity index is 1340. The van der Waals surface area contributed by atoms with Gasteiger partial charge in [0.2, 0.25) is 11.6 Å². The molecule has 0 N–H and O–H groups in total. The minimum atomic E-state index is -0.548. The van der Waals surface area contributed by atoms with Gasteiger partial charge >= 0.3 is 5.69 Å². The van der Waals surface area contributed by atoms with Gasteiger partial charge in [0.15, 0.2) is 10.8 Å². The molecule has 1 saturated carbocycles. The molecule has 6 rings (SSSR count). The van der Waals surface area contributed by atoms with Gasteiger partial charge in [0.05, 0.1) is 24.2 Å². The fourth-order valence-corrected chi connectivity index (χ4v) is 6.30. The molecule has 0 unspecified atom stereocenters. The van der Waals surface area contributed by atoms with Gasteiger partial charge in [-0.15, -0.1) is 0 Å². The van der Waals surface area contributed by atoms with Crippen molar-refractivity contribution in [3.05, 3.63) is 26.9 Å². The number of halogens is 1. The molecule has 0 bridgehead atoms. The summed E-state index contributed by atoms with van der Waals surface area (Å²) in [6.07, 6.45) is 6.58. The van der Waals surface area contributed by atoms with Crippen molar-refractivity contribution in [3.63, 3.8) is 0 Å². The van der Waals surface area contributed by atoms with Crippen molar-refractivity contribution >= 4 is 28.5 Å². The summed E-state index contributed by atoms with van der Waals surface area (Å²) in [5, 5.41) is 4.58. The maximum absolute atomic E-state index is 13.1. The largest absolute Gasteiger partial charge is 0.376 e. The summed E-state index contributed by atoms with van der Waals surface area (Å²) in [5.74, 6) is 1.01. The lowest BCUT2D eigenvalue weighted by molar-refractivity contribution is -0.127. The van der Waals surface area contributed by atoms with Crippen molar-refractivity contribution in [2.24, 2.45) is 7.05 Å². The molecule has 1 spiro atoms. The lowest BCUT2D eigenvalue weighted by Gasteiger charge is -2.37. The zero-order valence-electron chi connectivity index (χ0n) is 18.8. The van der Waals surface area contributed by atoms with E-state index < -0.39 is 5.41 Å². The molecule has 2 aliphatic carbocycles. The van der Waals surface area contributed by atoms with Crippen LogP contribution in [0.2, 0.25) is 5.15 Å². The van der Waals surface area contributed by atoms with E-state index in [1.54, 1.807) is 11.6 Å². The number of carbonyl (C=O) groups excluding carboxylic acids is 1. The first kappa shape index (κ1) is 21.0. The highest BCUT2D eigenvalue weighted by Crippen LogP contribution is 2.47. The van der Waals surface area contributed by atoms with E-state index in [4.69, 9.17) is 25.8 Å². The van der Waals surface area contributed by atoms with E-state index in [1.165, 1.54) is 4.57 Å². The third-order valence-corrected chi connectivity index (χ3v) is 7.95. The monoisotopic (exact) mass is 471 g/mol. The summed E-state index contributed by atoms with van der Waals surface area (Å²) in [7, 11) is 1.67. The van der Waals surface area contributed by atoms with Crippen LogP contribution in [0.15, 0.2) is 9.32 Å². The maximum Gasteiger partial charge on any atom is 0.330 e. The number of rotatable bonds is 2. The molecule has 0 amide bonds. The van der Waals surface area contributed by atoms with Gasteiger partial charge in [0.1, 0.15) is 17.0 Å². The molecule has 3 aromatic heterocycles. The topological polar surface area (TPSA) is 105 Å². The maximum atomic E-state index is 13.1. The molecule has 0 radical (unpaired) electrons. The summed E-state index contributed by atoms with van der Waals surface area (Å²) >= 11 is 6.58. The van der Waals surface area contributed by atoms with Gasteiger partial charge in [0, 0.05) is 19.0 Å². The Hall–Kier alpha value is -2.52. The van der Waals surface area contributed by atoms with Gasteiger partial charge in [0.25, 0.3) is 0 Å². The molecular weight excluding hydrogens is 446 g/mol. The van der Waals surface area contributed by atoms with Crippen LogP contribution in [-0.2, 0) is 28.4 Å². The minimum absolute atomic E-state index is 0.0689. The van der Waals surface area contributed by atoms with Gasteiger partial charge in [-0.25, -0.2) is 14.8 Å². The van der Waals surface area contributed by atoms with Gasteiger partial charge in [-0.05, 0) is 45.4 Å². The summed E-state index contributed by atoms with van der Waals surface area (Å²) in [6.45, 7) is 2.44. The standard InChI is InChI=1S/C23H26ClN5O4/c1-12-10-13(11-32-12)29-21-16(28(2)22(29)31)19(24)25-20(26-21)17-14-6-5-9-23(18(14)27-33-17)8-4-3-7-15(23)30/h12-13H,3-11H2,1-2H3/t12-,13+,23+/m0/s1. The average Bonchev–Trinajstić information content (AvgIpc) is 3.48. The van der Waals surface area contributed by atoms with Gasteiger partial charge in [-0.3, -0.25) is 13.9 Å². The lowest BCUT2D eigenvalue weighted by Crippen LogP contribution is -2.41. The zero-order chi connectivity index (χ0) is 22.9. The second-order valence-corrected chi connectivity index (χ2v) is 10.0. The Balaban J connectivity index is 1.52. The molecule has 1 saturated heterocycles. The predicted molar refractivity (Wildman–Crippen MR) is 120 cm³/mol. The number of carbonyl (C=O) groups is 1. The molecule has 3 aliphatic rings. The normalized spacial score (nSPS) is 27.5. The highest BCUT2D eigenvalue weighted by molar-refractivity contribution is 6.33. The number of Topliss-reactive ketones (excluding diaryl/α,β-unsaturated/α-hetero) is 1. The number of fused-ring (bicyclic) bond motifs is 3. The summed E-state index contributed by atoms with van der Waals surface area (Å²) < 4.78 is 14.6. The minimum Gasteiger partial charge on any atom is -0.376 e. The number of aromatic nitrogens is 5. The molecule has 9 nitrogen and oxygen atoms in total. The van der Waals surface area contributed by atoms with Crippen molar-refractivity contribution in [3.8, 4) is 11.6 Å². The van der Waals surface area contributed by atoms with Crippen molar-refractivity contribution in [2.75, 3.05) is 6.61 Å². The second kappa shape index (κ2) is 7.50. The fraction of sp³-hybridized carbons (Fsp3) is 0.609. The molecule has 0 aromatic carbocycles. The Kier molecular flexibility index (Phi) is 4.78. The van der Waals surface area contributed by atoms with E-state index >= 15 is 0 Å². The third kappa shape index (κ3) is 2.98. The molecule has 2 fully saturated rings. The number of nitrogens with zero attached hydrogens (tertiary/aromatic N) is 5. The van der Waals surface area contributed by atoms with Crippen LogP contribution in [0.3, 0.4) is 0 Å². The van der Waals surface area contributed by atoms with E-state index in [2.05, 4.69) is 10.1 Å². The van der Waals surface area contributed by atoms with Crippen LogP contribution in [0.4, 0.5) is 0 Å². The van der Waals surface area contributed by atoms with Crippen LogP contribution in [0.1, 0.15) is 69.2 Å². The first-order chi connectivity index (χ1) is 15.9. The Morgan fingerprint density at radius 3 is 2.70 bits per heavy atom. The number of ether oxygens (including phenoxy) is 1. The smallest absolute Gasteiger partial charge is 0.330 e. The Morgan fingerprint density at radius 2 is 1.94 bits per heavy atom. The van der Waals surface area contributed by atoms with Gasteiger partial charge in [-0.2, -0.15) is 0 Å². The summed E-state index contributed by atoms with van der Waals surface area (Å²) in [4.78, 5) is 35.3. The SMILES string of the molecule is C[C@H]1C[C@@H](n2c(=O)n(C)c3c(Cl)nc(-c4onc5c4CCC[C@@]54CCCCC4=O)nc32)CO1. The van der Waals surface area contributed by atoms with E-state index in [9.17, 15) is 9.59 Å². The van der Waals surface area contributed by atoms with Crippen LogP contribution in [0.25, 0.3) is 22.7 Å². The first-order valence-electron chi connectivity index (χ1n) is 11.7.